The standard InChI is InChI=1S/C14H9N3O2/c15-7-12(14(18)19)6-10-8-16-13(17-9-10)11-4-2-1-3-5-11/h1-6,8-9H,(H,18,19). The van der Waals surface area contributed by atoms with Crippen molar-refractivity contribution in [3.63, 3.8) is 0 Å². The zero-order valence-corrected chi connectivity index (χ0v) is 9.82. The molecule has 0 aliphatic heterocycles. The summed E-state index contributed by atoms with van der Waals surface area (Å²) in [5.41, 5.74) is 0.992. The van der Waals surface area contributed by atoms with Crippen molar-refractivity contribution in [3.05, 3.63) is 53.9 Å². The number of hydrogen-bond donors (Lipinski definition) is 1. The fourth-order valence-electron chi connectivity index (χ4n) is 1.46. The number of aliphatic carboxylic acids is 1. The van der Waals surface area contributed by atoms with Gasteiger partial charge in [-0.25, -0.2) is 14.8 Å². The first-order chi connectivity index (χ1) is 9.20. The van der Waals surface area contributed by atoms with E-state index in [4.69, 9.17) is 10.4 Å². The highest BCUT2D eigenvalue weighted by Crippen LogP contribution is 2.14. The predicted octanol–water partition coefficient (Wildman–Crippen LogP) is 2.14. The fourth-order valence-corrected chi connectivity index (χ4v) is 1.46. The summed E-state index contributed by atoms with van der Waals surface area (Å²) in [6.07, 6.45) is 4.20. The molecule has 0 aliphatic carbocycles. The lowest BCUT2D eigenvalue weighted by Gasteiger charge is -1.99. The highest BCUT2D eigenvalue weighted by molar-refractivity contribution is 5.96. The van der Waals surface area contributed by atoms with Crippen molar-refractivity contribution in [2.45, 2.75) is 0 Å². The Morgan fingerprint density at radius 2 is 1.84 bits per heavy atom. The Morgan fingerprint density at radius 1 is 1.21 bits per heavy atom. The number of hydrogen-bond acceptors (Lipinski definition) is 4. The van der Waals surface area contributed by atoms with Crippen molar-refractivity contribution < 1.29 is 9.90 Å². The van der Waals surface area contributed by atoms with E-state index in [1.165, 1.54) is 18.5 Å². The number of carboxylic acid groups (broad SMARTS) is 1. The molecule has 5 nitrogen and oxygen atoms in total. The lowest BCUT2D eigenvalue weighted by molar-refractivity contribution is -0.132. The highest BCUT2D eigenvalue weighted by Gasteiger charge is 2.06. The molecule has 1 aromatic heterocycles. The van der Waals surface area contributed by atoms with E-state index >= 15 is 0 Å². The molecule has 2 aromatic rings. The Bertz CT molecular complexity index is 655. The van der Waals surface area contributed by atoms with Crippen LogP contribution in [-0.4, -0.2) is 21.0 Å². The van der Waals surface area contributed by atoms with E-state index in [1.54, 1.807) is 6.07 Å². The molecule has 19 heavy (non-hydrogen) atoms. The van der Waals surface area contributed by atoms with Gasteiger partial charge in [0.05, 0.1) is 0 Å². The molecular weight excluding hydrogens is 242 g/mol. The topological polar surface area (TPSA) is 86.9 Å². The van der Waals surface area contributed by atoms with Crippen LogP contribution in [-0.2, 0) is 4.79 Å². The third-order valence-electron chi connectivity index (χ3n) is 2.37. The Kier molecular flexibility index (Phi) is 3.64. The highest BCUT2D eigenvalue weighted by atomic mass is 16.4. The van der Waals surface area contributed by atoms with E-state index in [2.05, 4.69) is 9.97 Å². The first-order valence-electron chi connectivity index (χ1n) is 5.43. The number of aromatic nitrogens is 2. The molecular formula is C14H9N3O2. The van der Waals surface area contributed by atoms with Crippen LogP contribution in [0.3, 0.4) is 0 Å². The maximum atomic E-state index is 10.7. The van der Waals surface area contributed by atoms with Crippen LogP contribution in [0.25, 0.3) is 17.5 Å². The number of nitrogens with zero attached hydrogens (tertiary/aromatic N) is 3. The van der Waals surface area contributed by atoms with E-state index in [0.717, 1.165) is 5.56 Å². The van der Waals surface area contributed by atoms with Gasteiger partial charge in [-0.3, -0.25) is 0 Å². The molecule has 0 fully saturated rings. The zero-order valence-electron chi connectivity index (χ0n) is 9.82. The fraction of sp³-hybridized carbons (Fsp3) is 0. The molecule has 0 unspecified atom stereocenters. The van der Waals surface area contributed by atoms with Gasteiger partial charge in [0.1, 0.15) is 11.6 Å². The van der Waals surface area contributed by atoms with E-state index in [-0.39, 0.29) is 5.57 Å². The van der Waals surface area contributed by atoms with Gasteiger partial charge in [0.15, 0.2) is 5.82 Å². The summed E-state index contributed by atoms with van der Waals surface area (Å²) in [6, 6.07) is 11.0. The third-order valence-corrected chi connectivity index (χ3v) is 2.37. The van der Waals surface area contributed by atoms with Crippen molar-refractivity contribution in [2.75, 3.05) is 0 Å². The molecule has 0 radical (unpaired) electrons. The van der Waals surface area contributed by atoms with Gasteiger partial charge in [0.2, 0.25) is 0 Å². The predicted molar refractivity (Wildman–Crippen MR) is 68.7 cm³/mol. The summed E-state index contributed by atoms with van der Waals surface area (Å²) < 4.78 is 0. The van der Waals surface area contributed by atoms with Crippen molar-refractivity contribution in [1.82, 2.24) is 9.97 Å². The van der Waals surface area contributed by atoms with Crippen LogP contribution in [0, 0.1) is 11.3 Å². The van der Waals surface area contributed by atoms with Gasteiger partial charge in [-0.1, -0.05) is 30.3 Å². The van der Waals surface area contributed by atoms with Crippen LogP contribution in [0.15, 0.2) is 48.3 Å². The lowest BCUT2D eigenvalue weighted by atomic mass is 10.2. The smallest absolute Gasteiger partial charge is 0.346 e. The average molecular weight is 251 g/mol. The Balaban J connectivity index is 2.30. The molecule has 0 aliphatic rings. The van der Waals surface area contributed by atoms with Crippen LogP contribution >= 0.6 is 0 Å². The van der Waals surface area contributed by atoms with Crippen LogP contribution in [0.5, 0.6) is 0 Å². The largest absolute Gasteiger partial charge is 0.477 e. The van der Waals surface area contributed by atoms with Gasteiger partial charge in [-0.15, -0.1) is 0 Å². The van der Waals surface area contributed by atoms with Crippen LogP contribution in [0.1, 0.15) is 5.56 Å². The number of rotatable bonds is 3. The van der Waals surface area contributed by atoms with Crippen LogP contribution < -0.4 is 0 Å². The van der Waals surface area contributed by atoms with Gasteiger partial charge in [-0.05, 0) is 6.08 Å². The third kappa shape index (κ3) is 3.01. The second-order valence-electron chi connectivity index (χ2n) is 3.68. The van der Waals surface area contributed by atoms with Gasteiger partial charge in [-0.2, -0.15) is 5.26 Å². The maximum absolute atomic E-state index is 10.7. The van der Waals surface area contributed by atoms with E-state index in [0.29, 0.717) is 11.4 Å². The zero-order chi connectivity index (χ0) is 13.7. The van der Waals surface area contributed by atoms with Crippen molar-refractivity contribution in [1.29, 1.82) is 5.26 Å². The molecule has 0 amide bonds. The first-order valence-corrected chi connectivity index (χ1v) is 5.43. The first kappa shape index (κ1) is 12.5. The summed E-state index contributed by atoms with van der Waals surface area (Å²) in [4.78, 5) is 19.0. The summed E-state index contributed by atoms with van der Waals surface area (Å²) in [5.74, 6) is -0.721. The summed E-state index contributed by atoms with van der Waals surface area (Å²) in [6.45, 7) is 0. The maximum Gasteiger partial charge on any atom is 0.346 e. The van der Waals surface area contributed by atoms with Crippen LogP contribution in [0.2, 0.25) is 0 Å². The van der Waals surface area contributed by atoms with Crippen LogP contribution in [0.4, 0.5) is 0 Å². The minimum absolute atomic E-state index is 0.351. The summed E-state index contributed by atoms with van der Waals surface area (Å²) in [7, 11) is 0. The minimum atomic E-state index is -1.27. The van der Waals surface area contributed by atoms with Gasteiger partial charge < -0.3 is 5.11 Å². The van der Waals surface area contributed by atoms with E-state index in [1.807, 2.05) is 30.3 Å². The van der Waals surface area contributed by atoms with Crippen molar-refractivity contribution in [3.8, 4) is 17.5 Å². The molecule has 2 rings (SSSR count). The normalized spacial score (nSPS) is 10.8. The Morgan fingerprint density at radius 3 is 2.37 bits per heavy atom. The molecule has 0 saturated heterocycles. The number of carbonyl (C=O) groups is 1. The number of carboxylic acids is 1. The Hall–Kier alpha value is -3.00. The second-order valence-corrected chi connectivity index (χ2v) is 3.68. The molecule has 0 spiro atoms. The van der Waals surface area contributed by atoms with E-state index in [9.17, 15) is 4.79 Å². The Labute approximate surface area is 109 Å². The molecule has 1 heterocycles. The lowest BCUT2D eigenvalue weighted by Crippen LogP contribution is -1.98. The molecule has 0 saturated carbocycles. The minimum Gasteiger partial charge on any atom is -0.477 e. The van der Waals surface area contributed by atoms with Crippen molar-refractivity contribution in [2.24, 2.45) is 0 Å². The molecule has 1 aromatic carbocycles. The van der Waals surface area contributed by atoms with E-state index < -0.39 is 5.97 Å². The monoisotopic (exact) mass is 251 g/mol. The molecule has 1 N–H and O–H groups in total. The quantitative estimate of drug-likeness (QED) is 0.667. The SMILES string of the molecule is N#CC(=Cc1cnc(-c2ccccc2)nc1)C(=O)O. The second kappa shape index (κ2) is 5.56. The molecule has 92 valence electrons. The summed E-state index contributed by atoms with van der Waals surface area (Å²) in [5, 5.41) is 17.4. The molecule has 5 heteroatoms. The summed E-state index contributed by atoms with van der Waals surface area (Å²) >= 11 is 0. The average Bonchev–Trinajstić information content (AvgIpc) is 2.46. The molecule has 0 atom stereocenters. The van der Waals surface area contributed by atoms with Crippen molar-refractivity contribution >= 4 is 12.0 Å². The number of benzene rings is 1. The molecule has 0 bridgehead atoms. The number of nitriles is 1. The van der Waals surface area contributed by atoms with Gasteiger partial charge in [0, 0.05) is 23.5 Å². The van der Waals surface area contributed by atoms with Gasteiger partial charge in [0.25, 0.3) is 0 Å². The van der Waals surface area contributed by atoms with Gasteiger partial charge >= 0.3 is 5.97 Å².